The molecule has 0 amide bonds. The Kier molecular flexibility index (Phi) is 18.8. The highest BCUT2D eigenvalue weighted by molar-refractivity contribution is 7.80. The fourth-order valence-electron chi connectivity index (χ4n) is 1.22. The molecule has 0 aromatic carbocycles. The average molecular weight is 220 g/mol. The van der Waals surface area contributed by atoms with Crippen molar-refractivity contribution in [1.82, 2.24) is 0 Å². The largest absolute Gasteiger partial charge is 0.397 e. The lowest BCUT2D eigenvalue weighted by atomic mass is 10.1. The molecule has 0 bridgehead atoms. The first-order chi connectivity index (χ1) is 6.68. The van der Waals surface area contributed by atoms with Gasteiger partial charge in [0.25, 0.3) is 0 Å². The van der Waals surface area contributed by atoms with Crippen molar-refractivity contribution in [3.05, 3.63) is 0 Å². The van der Waals surface area contributed by atoms with Crippen LogP contribution in [0.2, 0.25) is 0 Å². The summed E-state index contributed by atoms with van der Waals surface area (Å²) in [7, 11) is 0. The minimum Gasteiger partial charge on any atom is -0.397 e. The number of unbranched alkanes of at least 4 members (excludes halogenated alkanes) is 5. The first kappa shape index (κ1) is 16.7. The maximum atomic E-state index is 7.57. The van der Waals surface area contributed by atoms with Crippen molar-refractivity contribution in [2.75, 3.05) is 6.61 Å². The molecule has 0 aliphatic rings. The molecule has 0 aliphatic heterocycles. The van der Waals surface area contributed by atoms with Crippen LogP contribution in [-0.4, -0.2) is 17.0 Å². The Balaban J connectivity index is 0. The Hall–Kier alpha value is 0.310. The van der Waals surface area contributed by atoms with E-state index in [1.807, 2.05) is 0 Å². The highest BCUT2D eigenvalue weighted by atomic mass is 32.1. The van der Waals surface area contributed by atoms with Crippen molar-refractivity contribution >= 4 is 12.6 Å². The van der Waals surface area contributed by atoms with Gasteiger partial charge < -0.3 is 5.11 Å². The molecule has 1 atom stereocenters. The highest BCUT2D eigenvalue weighted by Crippen LogP contribution is 2.10. The predicted molar refractivity (Wildman–Crippen MR) is 69.2 cm³/mol. The van der Waals surface area contributed by atoms with Crippen LogP contribution in [0.15, 0.2) is 0 Å². The van der Waals surface area contributed by atoms with Gasteiger partial charge in [0.05, 0.1) is 0 Å². The van der Waals surface area contributed by atoms with Crippen molar-refractivity contribution < 1.29 is 5.11 Å². The van der Waals surface area contributed by atoms with E-state index in [9.17, 15) is 0 Å². The standard InChI is InChI=1S/C10H22S.C2H6O/c1-3-4-5-6-7-8-9-10(2)11;1-2-3/h10-11H,3-9H2,1-2H3;3H,2H2,1H3. The van der Waals surface area contributed by atoms with Gasteiger partial charge in [0, 0.05) is 6.61 Å². The molecule has 0 rings (SSSR count). The van der Waals surface area contributed by atoms with Crippen molar-refractivity contribution in [3.8, 4) is 0 Å². The fraction of sp³-hybridized carbons (Fsp3) is 1.00. The van der Waals surface area contributed by atoms with Gasteiger partial charge in [0.2, 0.25) is 0 Å². The molecule has 0 aliphatic carbocycles. The van der Waals surface area contributed by atoms with Crippen LogP contribution in [0.25, 0.3) is 0 Å². The maximum Gasteiger partial charge on any atom is 0.0402 e. The van der Waals surface area contributed by atoms with Gasteiger partial charge in [-0.15, -0.1) is 0 Å². The Morgan fingerprint density at radius 2 is 1.43 bits per heavy atom. The smallest absolute Gasteiger partial charge is 0.0402 e. The number of aliphatic hydroxyl groups excluding tert-OH is 1. The lowest BCUT2D eigenvalue weighted by Gasteiger charge is -2.02. The SMILES string of the molecule is CCCCCCCCC(C)S.CCO. The summed E-state index contributed by atoms with van der Waals surface area (Å²) < 4.78 is 0. The van der Waals surface area contributed by atoms with E-state index >= 15 is 0 Å². The Morgan fingerprint density at radius 3 is 1.86 bits per heavy atom. The first-order valence-electron chi connectivity index (χ1n) is 5.97. The number of aliphatic hydroxyl groups is 1. The highest BCUT2D eigenvalue weighted by Gasteiger charge is 1.94. The normalized spacial score (nSPS) is 11.8. The van der Waals surface area contributed by atoms with Crippen molar-refractivity contribution in [1.29, 1.82) is 0 Å². The van der Waals surface area contributed by atoms with Gasteiger partial charge in [0.15, 0.2) is 0 Å². The maximum absolute atomic E-state index is 7.57. The molecular weight excluding hydrogens is 192 g/mol. The molecule has 0 saturated carbocycles. The summed E-state index contributed by atoms with van der Waals surface area (Å²) in [5.74, 6) is 0. The van der Waals surface area contributed by atoms with Crippen LogP contribution in [-0.2, 0) is 0 Å². The second kappa shape index (κ2) is 15.8. The third-order valence-electron chi connectivity index (χ3n) is 1.98. The van der Waals surface area contributed by atoms with E-state index < -0.39 is 0 Å². The van der Waals surface area contributed by atoms with E-state index in [4.69, 9.17) is 5.11 Å². The molecule has 0 aromatic heterocycles. The zero-order chi connectivity index (χ0) is 11.2. The topological polar surface area (TPSA) is 20.2 Å². The van der Waals surface area contributed by atoms with Crippen LogP contribution in [0.1, 0.15) is 65.7 Å². The van der Waals surface area contributed by atoms with Gasteiger partial charge in [-0.3, -0.25) is 0 Å². The van der Waals surface area contributed by atoms with Crippen LogP contribution < -0.4 is 0 Å². The van der Waals surface area contributed by atoms with Gasteiger partial charge in [-0.1, -0.05) is 52.4 Å². The lowest BCUT2D eigenvalue weighted by Crippen LogP contribution is -1.89. The molecule has 1 N–H and O–H groups in total. The van der Waals surface area contributed by atoms with E-state index in [1.54, 1.807) is 6.92 Å². The third-order valence-corrected chi connectivity index (χ3v) is 2.23. The second-order valence-corrected chi connectivity index (χ2v) is 4.60. The minimum absolute atomic E-state index is 0.250. The molecule has 0 radical (unpaired) electrons. The van der Waals surface area contributed by atoms with Gasteiger partial charge in [-0.05, 0) is 18.6 Å². The van der Waals surface area contributed by atoms with Gasteiger partial charge in [-0.25, -0.2) is 0 Å². The molecule has 0 heterocycles. The van der Waals surface area contributed by atoms with E-state index in [0.29, 0.717) is 5.25 Å². The summed E-state index contributed by atoms with van der Waals surface area (Å²) in [6, 6.07) is 0. The van der Waals surface area contributed by atoms with Crippen molar-refractivity contribution in [2.24, 2.45) is 0 Å². The Labute approximate surface area is 95.7 Å². The number of hydrogen-bond donors (Lipinski definition) is 2. The van der Waals surface area contributed by atoms with Crippen molar-refractivity contribution in [2.45, 2.75) is 71.0 Å². The van der Waals surface area contributed by atoms with Crippen LogP contribution in [0, 0.1) is 0 Å². The van der Waals surface area contributed by atoms with Gasteiger partial charge in [-0.2, -0.15) is 12.6 Å². The van der Waals surface area contributed by atoms with E-state index in [1.165, 1.54) is 44.9 Å². The molecule has 2 heteroatoms. The second-order valence-electron chi connectivity index (χ2n) is 3.72. The molecule has 0 saturated heterocycles. The zero-order valence-electron chi connectivity index (χ0n) is 10.1. The summed E-state index contributed by atoms with van der Waals surface area (Å²) in [6.07, 6.45) is 9.68. The quantitative estimate of drug-likeness (QED) is 0.490. The molecular formula is C12H28OS. The minimum atomic E-state index is 0.250. The Bertz CT molecular complexity index is 84.4. The number of thiol groups is 1. The predicted octanol–water partition coefficient (Wildman–Crippen LogP) is 4.05. The number of hydrogen-bond acceptors (Lipinski definition) is 2. The summed E-state index contributed by atoms with van der Waals surface area (Å²) >= 11 is 4.34. The summed E-state index contributed by atoms with van der Waals surface area (Å²) in [5.41, 5.74) is 0. The summed E-state index contributed by atoms with van der Waals surface area (Å²) in [5, 5.41) is 8.17. The fourth-order valence-corrected chi connectivity index (χ4v) is 1.40. The average Bonchev–Trinajstić information content (AvgIpc) is 2.12. The summed E-state index contributed by atoms with van der Waals surface area (Å²) in [4.78, 5) is 0. The van der Waals surface area contributed by atoms with Gasteiger partial charge >= 0.3 is 0 Å². The van der Waals surface area contributed by atoms with Crippen LogP contribution in [0.3, 0.4) is 0 Å². The van der Waals surface area contributed by atoms with E-state index in [2.05, 4.69) is 26.5 Å². The van der Waals surface area contributed by atoms with Crippen LogP contribution in [0.5, 0.6) is 0 Å². The number of rotatable bonds is 7. The molecule has 1 unspecified atom stereocenters. The first-order valence-corrected chi connectivity index (χ1v) is 6.49. The molecule has 14 heavy (non-hydrogen) atoms. The van der Waals surface area contributed by atoms with Crippen LogP contribution in [0.4, 0.5) is 0 Å². The zero-order valence-corrected chi connectivity index (χ0v) is 11.0. The van der Waals surface area contributed by atoms with Crippen molar-refractivity contribution in [3.63, 3.8) is 0 Å². The molecule has 0 fully saturated rings. The van der Waals surface area contributed by atoms with E-state index in [-0.39, 0.29) is 6.61 Å². The molecule has 1 nitrogen and oxygen atoms in total. The summed E-state index contributed by atoms with van der Waals surface area (Å²) in [6.45, 7) is 6.37. The van der Waals surface area contributed by atoms with E-state index in [0.717, 1.165) is 0 Å². The van der Waals surface area contributed by atoms with Crippen LogP contribution >= 0.6 is 12.6 Å². The third kappa shape index (κ3) is 22.8. The molecule has 0 spiro atoms. The van der Waals surface area contributed by atoms with Gasteiger partial charge in [0.1, 0.15) is 0 Å². The lowest BCUT2D eigenvalue weighted by molar-refractivity contribution is 0.318. The molecule has 0 aromatic rings. The monoisotopic (exact) mass is 220 g/mol. The Morgan fingerprint density at radius 1 is 1.00 bits per heavy atom. The molecule has 88 valence electrons.